The summed E-state index contributed by atoms with van der Waals surface area (Å²) < 4.78 is 11.5. The first kappa shape index (κ1) is 14.3. The van der Waals surface area contributed by atoms with E-state index in [2.05, 4.69) is 24.1 Å². The molecule has 4 nitrogen and oxygen atoms in total. The molecule has 1 N–H and O–H groups in total. The molecule has 0 aliphatic carbocycles. The normalized spacial score (nSPS) is 33.5. The molecule has 2 fully saturated rings. The lowest BCUT2D eigenvalue weighted by Gasteiger charge is -2.45. The van der Waals surface area contributed by atoms with Gasteiger partial charge in [-0.1, -0.05) is 0 Å². The molecule has 0 aromatic heterocycles. The molecule has 2 aliphatic heterocycles. The van der Waals surface area contributed by atoms with Crippen molar-refractivity contribution >= 4 is 0 Å². The minimum Gasteiger partial charge on any atom is -0.381 e. The van der Waals surface area contributed by atoms with Gasteiger partial charge in [0.25, 0.3) is 0 Å². The van der Waals surface area contributed by atoms with E-state index < -0.39 is 0 Å². The van der Waals surface area contributed by atoms with Crippen LogP contribution >= 0.6 is 0 Å². The number of ether oxygens (including phenoxy) is 2. The fourth-order valence-electron chi connectivity index (χ4n) is 3.33. The Morgan fingerprint density at radius 1 is 1.28 bits per heavy atom. The Hall–Kier alpha value is -0.160. The molecule has 106 valence electrons. The molecule has 2 rings (SSSR count). The van der Waals surface area contributed by atoms with Crippen molar-refractivity contribution in [1.82, 2.24) is 10.2 Å². The predicted octanol–water partition coefficient (Wildman–Crippen LogP) is 1.11. The molecule has 0 radical (unpaired) electrons. The molecule has 2 heterocycles. The van der Waals surface area contributed by atoms with E-state index in [1.54, 1.807) is 0 Å². The number of hydrogen-bond donors (Lipinski definition) is 1. The zero-order valence-corrected chi connectivity index (χ0v) is 12.1. The van der Waals surface area contributed by atoms with Crippen LogP contribution in [0, 0.1) is 5.41 Å². The molecule has 0 spiro atoms. The Bertz CT molecular complexity index is 257. The minimum atomic E-state index is -0.00535. The van der Waals surface area contributed by atoms with Crippen molar-refractivity contribution in [3.8, 4) is 0 Å². The zero-order chi connectivity index (χ0) is 13.1. The van der Waals surface area contributed by atoms with Gasteiger partial charge >= 0.3 is 0 Å². The standard InChI is InChI=1S/C14H28N2O2/c1-13(2)10-16(6-8-18-13)11-14(9-15-3)5-4-7-17-12-14/h15H,4-12H2,1-3H3. The number of hydrogen-bond acceptors (Lipinski definition) is 4. The van der Waals surface area contributed by atoms with E-state index in [9.17, 15) is 0 Å². The molecule has 1 unspecified atom stereocenters. The van der Waals surface area contributed by atoms with Crippen LogP contribution in [0.15, 0.2) is 0 Å². The van der Waals surface area contributed by atoms with E-state index in [0.717, 1.165) is 46.0 Å². The van der Waals surface area contributed by atoms with E-state index in [1.807, 2.05) is 7.05 Å². The first-order valence-electron chi connectivity index (χ1n) is 7.14. The second-order valence-electron chi connectivity index (χ2n) is 6.51. The Labute approximate surface area is 111 Å². The van der Waals surface area contributed by atoms with Gasteiger partial charge in [-0.15, -0.1) is 0 Å². The zero-order valence-electron chi connectivity index (χ0n) is 12.1. The van der Waals surface area contributed by atoms with Crippen LogP contribution < -0.4 is 5.32 Å². The van der Waals surface area contributed by atoms with Crippen LogP contribution in [0.25, 0.3) is 0 Å². The highest BCUT2D eigenvalue weighted by atomic mass is 16.5. The first-order valence-corrected chi connectivity index (χ1v) is 7.14. The SMILES string of the molecule is CNCC1(CN2CCOC(C)(C)C2)CCCOC1. The third-order valence-corrected chi connectivity index (χ3v) is 4.02. The second-order valence-corrected chi connectivity index (χ2v) is 6.51. The molecule has 0 aromatic carbocycles. The molecule has 0 aromatic rings. The average Bonchev–Trinajstić information content (AvgIpc) is 2.29. The van der Waals surface area contributed by atoms with Gasteiger partial charge in [-0.25, -0.2) is 0 Å². The molecule has 18 heavy (non-hydrogen) atoms. The van der Waals surface area contributed by atoms with Crippen LogP contribution in [0.5, 0.6) is 0 Å². The van der Waals surface area contributed by atoms with Crippen molar-refractivity contribution in [2.24, 2.45) is 5.41 Å². The van der Waals surface area contributed by atoms with E-state index in [0.29, 0.717) is 5.41 Å². The van der Waals surface area contributed by atoms with Crippen molar-refractivity contribution in [3.63, 3.8) is 0 Å². The van der Waals surface area contributed by atoms with Crippen LogP contribution in [-0.2, 0) is 9.47 Å². The van der Waals surface area contributed by atoms with Crippen LogP contribution in [0.2, 0.25) is 0 Å². The fourth-order valence-corrected chi connectivity index (χ4v) is 3.33. The summed E-state index contributed by atoms with van der Waals surface area (Å²) in [5.74, 6) is 0. The quantitative estimate of drug-likeness (QED) is 0.817. The lowest BCUT2D eigenvalue weighted by atomic mass is 9.81. The summed E-state index contributed by atoms with van der Waals surface area (Å²) in [7, 11) is 2.04. The number of rotatable bonds is 4. The summed E-state index contributed by atoms with van der Waals surface area (Å²) in [6.07, 6.45) is 2.46. The molecular weight excluding hydrogens is 228 g/mol. The van der Waals surface area contributed by atoms with Crippen molar-refractivity contribution in [3.05, 3.63) is 0 Å². The monoisotopic (exact) mass is 256 g/mol. The molecule has 4 heteroatoms. The Morgan fingerprint density at radius 3 is 2.72 bits per heavy atom. The molecular formula is C14H28N2O2. The van der Waals surface area contributed by atoms with Gasteiger partial charge in [0.2, 0.25) is 0 Å². The van der Waals surface area contributed by atoms with Crippen molar-refractivity contribution in [2.45, 2.75) is 32.3 Å². The first-order chi connectivity index (χ1) is 8.55. The molecule has 1 atom stereocenters. The third-order valence-electron chi connectivity index (χ3n) is 4.02. The van der Waals surface area contributed by atoms with Gasteiger partial charge in [-0.05, 0) is 33.7 Å². The predicted molar refractivity (Wildman–Crippen MR) is 72.9 cm³/mol. The topological polar surface area (TPSA) is 33.7 Å². The number of nitrogens with one attached hydrogen (secondary N) is 1. The highest BCUT2D eigenvalue weighted by Crippen LogP contribution is 2.30. The molecule has 2 saturated heterocycles. The average molecular weight is 256 g/mol. The summed E-state index contributed by atoms with van der Waals surface area (Å²) in [4.78, 5) is 2.55. The molecule has 0 bridgehead atoms. The summed E-state index contributed by atoms with van der Waals surface area (Å²) >= 11 is 0. The Morgan fingerprint density at radius 2 is 2.11 bits per heavy atom. The van der Waals surface area contributed by atoms with Gasteiger partial charge in [0.15, 0.2) is 0 Å². The van der Waals surface area contributed by atoms with Crippen LogP contribution in [0.4, 0.5) is 0 Å². The summed E-state index contributed by atoms with van der Waals surface area (Å²) in [5.41, 5.74) is 0.287. The van der Waals surface area contributed by atoms with Crippen LogP contribution in [0.3, 0.4) is 0 Å². The van der Waals surface area contributed by atoms with Crippen molar-refractivity contribution < 1.29 is 9.47 Å². The van der Waals surface area contributed by atoms with Crippen molar-refractivity contribution in [1.29, 1.82) is 0 Å². The second kappa shape index (κ2) is 5.87. The van der Waals surface area contributed by atoms with Gasteiger partial charge < -0.3 is 14.8 Å². The van der Waals surface area contributed by atoms with E-state index in [4.69, 9.17) is 9.47 Å². The van der Waals surface area contributed by atoms with Crippen LogP contribution in [-0.4, -0.2) is 63.5 Å². The largest absolute Gasteiger partial charge is 0.381 e. The molecule has 0 amide bonds. The third kappa shape index (κ3) is 3.67. The number of morpholine rings is 1. The van der Waals surface area contributed by atoms with Gasteiger partial charge in [0.1, 0.15) is 0 Å². The Balaban J connectivity index is 1.95. The summed E-state index contributed by atoms with van der Waals surface area (Å²) in [5, 5.41) is 3.35. The Kier molecular flexibility index (Phi) is 4.64. The summed E-state index contributed by atoms with van der Waals surface area (Å²) in [6.45, 7) is 11.3. The minimum absolute atomic E-state index is 0.00535. The van der Waals surface area contributed by atoms with Gasteiger partial charge in [-0.3, -0.25) is 4.90 Å². The summed E-state index contributed by atoms with van der Waals surface area (Å²) in [6, 6.07) is 0. The fraction of sp³-hybridized carbons (Fsp3) is 1.00. The maximum atomic E-state index is 5.79. The maximum absolute atomic E-state index is 5.79. The lowest BCUT2D eigenvalue weighted by molar-refractivity contribution is -0.106. The van der Waals surface area contributed by atoms with Crippen LogP contribution in [0.1, 0.15) is 26.7 Å². The number of nitrogens with zero attached hydrogens (tertiary/aromatic N) is 1. The van der Waals surface area contributed by atoms with Gasteiger partial charge in [0.05, 0.1) is 18.8 Å². The van der Waals surface area contributed by atoms with E-state index in [1.165, 1.54) is 12.8 Å². The highest BCUT2D eigenvalue weighted by Gasteiger charge is 2.37. The molecule has 0 saturated carbocycles. The molecule has 2 aliphatic rings. The maximum Gasteiger partial charge on any atom is 0.0753 e. The van der Waals surface area contributed by atoms with E-state index >= 15 is 0 Å². The van der Waals surface area contributed by atoms with Gasteiger partial charge in [-0.2, -0.15) is 0 Å². The highest BCUT2D eigenvalue weighted by molar-refractivity contribution is 4.89. The van der Waals surface area contributed by atoms with E-state index in [-0.39, 0.29) is 5.60 Å². The lowest BCUT2D eigenvalue weighted by Crippen LogP contribution is -2.55. The smallest absolute Gasteiger partial charge is 0.0753 e. The van der Waals surface area contributed by atoms with Crippen molar-refractivity contribution in [2.75, 3.05) is 53.0 Å². The van der Waals surface area contributed by atoms with Gasteiger partial charge in [0, 0.05) is 38.2 Å².